The Morgan fingerprint density at radius 3 is 3.00 bits per heavy atom. The maximum atomic E-state index is 11.9. The third-order valence-electron chi connectivity index (χ3n) is 4.18. The zero-order chi connectivity index (χ0) is 17.8. The number of allylic oxidation sites excluding steroid dienone is 2. The Labute approximate surface area is 152 Å². The highest BCUT2D eigenvalue weighted by Gasteiger charge is 2.36. The second-order valence-electron chi connectivity index (χ2n) is 5.92. The van der Waals surface area contributed by atoms with Gasteiger partial charge in [-0.3, -0.25) is 9.98 Å². The van der Waals surface area contributed by atoms with Crippen LogP contribution >= 0.6 is 11.8 Å². The van der Waals surface area contributed by atoms with Gasteiger partial charge in [-0.1, -0.05) is 24.4 Å². The predicted molar refractivity (Wildman–Crippen MR) is 105 cm³/mol. The van der Waals surface area contributed by atoms with Crippen molar-refractivity contribution in [2.45, 2.75) is 26.3 Å². The van der Waals surface area contributed by atoms with Crippen molar-refractivity contribution < 1.29 is 4.79 Å². The molecule has 0 spiro atoms. The molecule has 0 aromatic carbocycles. The van der Waals surface area contributed by atoms with Crippen molar-refractivity contribution in [2.24, 2.45) is 9.98 Å². The summed E-state index contributed by atoms with van der Waals surface area (Å²) in [6, 6.07) is -0.0833. The number of hydrogen-bond acceptors (Lipinski definition) is 5. The van der Waals surface area contributed by atoms with E-state index in [4.69, 9.17) is 4.99 Å². The van der Waals surface area contributed by atoms with Crippen molar-refractivity contribution in [1.29, 1.82) is 0 Å². The Morgan fingerprint density at radius 1 is 1.56 bits per heavy atom. The summed E-state index contributed by atoms with van der Waals surface area (Å²) < 4.78 is 0. The van der Waals surface area contributed by atoms with E-state index < -0.39 is 0 Å². The smallest absolute Gasteiger partial charge is 0.315 e. The molecule has 0 aliphatic carbocycles. The first-order valence-corrected chi connectivity index (χ1v) is 9.32. The monoisotopic (exact) mass is 357 g/mol. The summed E-state index contributed by atoms with van der Waals surface area (Å²) in [4.78, 5) is 24.1. The number of aliphatic imine (C=N–C) groups is 2. The average molecular weight is 357 g/mol. The van der Waals surface area contributed by atoms with Gasteiger partial charge in [0.1, 0.15) is 5.84 Å². The minimum absolute atomic E-state index is 0.0454. The molecule has 3 aliphatic heterocycles. The summed E-state index contributed by atoms with van der Waals surface area (Å²) in [5, 5.41) is 7.84. The fraction of sp³-hybridized carbons (Fsp3) is 0.389. The Kier molecular flexibility index (Phi) is 5.43. The van der Waals surface area contributed by atoms with Crippen molar-refractivity contribution in [3.8, 4) is 0 Å². The van der Waals surface area contributed by atoms with E-state index in [-0.39, 0.29) is 12.1 Å². The summed E-state index contributed by atoms with van der Waals surface area (Å²) in [7, 11) is 0. The van der Waals surface area contributed by atoms with Gasteiger partial charge in [-0.15, -0.1) is 0 Å². The molecule has 3 heterocycles. The SMILES string of the molecule is C=C(S/C=C\C)C1=NCC(C2=NC=C2)=C2CC(NC(=O)NCC)CN12. The van der Waals surface area contributed by atoms with E-state index in [2.05, 4.69) is 27.1 Å². The molecule has 7 heteroatoms. The summed E-state index contributed by atoms with van der Waals surface area (Å²) in [5.74, 6) is 0.894. The van der Waals surface area contributed by atoms with Crippen molar-refractivity contribution >= 4 is 29.3 Å². The van der Waals surface area contributed by atoms with Crippen LogP contribution in [0.4, 0.5) is 4.79 Å². The van der Waals surface area contributed by atoms with Gasteiger partial charge < -0.3 is 15.5 Å². The van der Waals surface area contributed by atoms with Crippen LogP contribution in [0.5, 0.6) is 0 Å². The van der Waals surface area contributed by atoms with E-state index in [1.54, 1.807) is 18.0 Å². The van der Waals surface area contributed by atoms with Crippen molar-refractivity contribution in [1.82, 2.24) is 15.5 Å². The number of hydrogen-bond donors (Lipinski definition) is 2. The van der Waals surface area contributed by atoms with Crippen LogP contribution in [0.1, 0.15) is 20.3 Å². The molecule has 0 bridgehead atoms. The molecule has 2 N–H and O–H groups in total. The summed E-state index contributed by atoms with van der Waals surface area (Å²) in [6.07, 6.45) is 6.57. The lowest BCUT2D eigenvalue weighted by molar-refractivity contribution is 0.238. The predicted octanol–water partition coefficient (Wildman–Crippen LogP) is 2.79. The van der Waals surface area contributed by atoms with E-state index in [1.165, 1.54) is 5.70 Å². The Morgan fingerprint density at radius 2 is 2.36 bits per heavy atom. The zero-order valence-electron chi connectivity index (χ0n) is 14.6. The summed E-state index contributed by atoms with van der Waals surface area (Å²) in [5.41, 5.74) is 3.33. The number of amides is 2. The number of amidine groups is 1. The molecule has 3 rings (SSSR count). The molecule has 1 unspecified atom stereocenters. The lowest BCUT2D eigenvalue weighted by Gasteiger charge is -2.29. The van der Waals surface area contributed by atoms with E-state index in [0.29, 0.717) is 19.6 Å². The maximum absolute atomic E-state index is 11.9. The fourth-order valence-electron chi connectivity index (χ4n) is 3.06. The first kappa shape index (κ1) is 17.5. The molecular weight excluding hydrogens is 334 g/mol. The first-order chi connectivity index (χ1) is 12.1. The fourth-order valence-corrected chi connectivity index (χ4v) is 3.64. The van der Waals surface area contributed by atoms with E-state index in [0.717, 1.165) is 28.4 Å². The Balaban J connectivity index is 1.80. The van der Waals surface area contributed by atoms with Crippen LogP contribution in [0.2, 0.25) is 0 Å². The largest absolute Gasteiger partial charge is 0.338 e. The van der Waals surface area contributed by atoms with Gasteiger partial charge in [0, 0.05) is 41.9 Å². The van der Waals surface area contributed by atoms with Gasteiger partial charge in [0.15, 0.2) is 0 Å². The summed E-state index contributed by atoms with van der Waals surface area (Å²) in [6.45, 7) is 9.97. The van der Waals surface area contributed by atoms with E-state index >= 15 is 0 Å². The number of rotatable bonds is 6. The highest BCUT2D eigenvalue weighted by molar-refractivity contribution is 8.06. The number of nitrogens with one attached hydrogen (secondary N) is 2. The molecule has 1 saturated heterocycles. The zero-order valence-corrected chi connectivity index (χ0v) is 15.4. The topological polar surface area (TPSA) is 69.1 Å². The van der Waals surface area contributed by atoms with Crippen molar-refractivity contribution in [3.05, 3.63) is 46.5 Å². The van der Waals surface area contributed by atoms with Crippen LogP contribution in [0.15, 0.2) is 56.5 Å². The van der Waals surface area contributed by atoms with Crippen molar-refractivity contribution in [3.63, 3.8) is 0 Å². The van der Waals surface area contributed by atoms with Crippen molar-refractivity contribution in [2.75, 3.05) is 19.6 Å². The number of thioether (sulfide) groups is 1. The number of nitrogens with zero attached hydrogens (tertiary/aromatic N) is 3. The van der Waals surface area contributed by atoms with Crippen LogP contribution in [0.3, 0.4) is 0 Å². The molecule has 0 aromatic rings. The third kappa shape index (κ3) is 3.71. The Hall–Kier alpha value is -2.28. The van der Waals surface area contributed by atoms with Gasteiger partial charge in [0.25, 0.3) is 0 Å². The molecule has 25 heavy (non-hydrogen) atoms. The number of carbonyl (C=O) groups excluding carboxylic acids is 1. The minimum Gasteiger partial charge on any atom is -0.338 e. The molecule has 1 fully saturated rings. The van der Waals surface area contributed by atoms with Gasteiger partial charge in [-0.2, -0.15) is 0 Å². The van der Waals surface area contributed by atoms with Gasteiger partial charge in [0.05, 0.1) is 18.3 Å². The molecule has 0 aromatic heterocycles. The molecule has 6 nitrogen and oxygen atoms in total. The number of carbonyl (C=O) groups is 1. The van der Waals surface area contributed by atoms with Gasteiger partial charge in [-0.25, -0.2) is 4.79 Å². The lowest BCUT2D eigenvalue weighted by atomic mass is 10.0. The number of fused-ring (bicyclic) bond motifs is 1. The molecule has 2 amide bonds. The standard InChI is InChI=1S/C18H23N5OS/c1-4-8-25-12(3)17-21-10-14(15-6-7-20-15)16-9-13(11-23(16)17)22-18(24)19-5-2/h4,6-8,13H,3,5,9-11H2,1-2H3,(H2,19,22,24)/b8-4-. The maximum Gasteiger partial charge on any atom is 0.315 e. The Bertz CT molecular complexity index is 732. The number of urea groups is 1. The van der Waals surface area contributed by atoms with Gasteiger partial charge in [-0.05, 0) is 25.3 Å². The molecule has 0 saturated carbocycles. The molecule has 0 radical (unpaired) electrons. The molecule has 3 aliphatic rings. The second-order valence-corrected chi connectivity index (χ2v) is 6.92. The average Bonchev–Trinajstić information content (AvgIpc) is 2.95. The van der Waals surface area contributed by atoms with Crippen LogP contribution in [-0.2, 0) is 0 Å². The van der Waals surface area contributed by atoms with Crippen LogP contribution in [0.25, 0.3) is 0 Å². The first-order valence-electron chi connectivity index (χ1n) is 8.44. The second kappa shape index (κ2) is 7.74. The van der Waals surface area contributed by atoms with Gasteiger partial charge in [0.2, 0.25) is 0 Å². The van der Waals surface area contributed by atoms with Crippen LogP contribution < -0.4 is 10.6 Å². The van der Waals surface area contributed by atoms with Crippen LogP contribution in [-0.4, -0.2) is 48.2 Å². The normalized spacial score (nSPS) is 21.7. The molecular formula is C18H23N5OS. The third-order valence-corrected chi connectivity index (χ3v) is 5.06. The highest BCUT2D eigenvalue weighted by Crippen LogP contribution is 2.34. The van der Waals surface area contributed by atoms with E-state index in [9.17, 15) is 4.79 Å². The van der Waals surface area contributed by atoms with Crippen LogP contribution in [0, 0.1) is 0 Å². The highest BCUT2D eigenvalue weighted by atomic mass is 32.2. The minimum atomic E-state index is -0.129. The molecule has 132 valence electrons. The quantitative estimate of drug-likeness (QED) is 0.768. The summed E-state index contributed by atoms with van der Waals surface area (Å²) >= 11 is 1.57. The van der Waals surface area contributed by atoms with Gasteiger partial charge >= 0.3 is 6.03 Å². The van der Waals surface area contributed by atoms with E-state index in [1.807, 2.05) is 31.4 Å². The lowest BCUT2D eigenvalue weighted by Crippen LogP contribution is -2.44. The molecule has 1 atom stereocenters.